The van der Waals surface area contributed by atoms with Crippen LogP contribution < -0.4 is 9.47 Å². The van der Waals surface area contributed by atoms with E-state index in [1.807, 2.05) is 40.6 Å². The van der Waals surface area contributed by atoms with Crippen molar-refractivity contribution in [2.45, 2.75) is 0 Å². The molecule has 20 heavy (non-hydrogen) atoms. The van der Waals surface area contributed by atoms with E-state index in [0.29, 0.717) is 0 Å². The summed E-state index contributed by atoms with van der Waals surface area (Å²) in [5.74, 6) is 1.19. The fourth-order valence-electron chi connectivity index (χ4n) is 1.21. The average molecular weight is 335 g/mol. The second-order valence-electron chi connectivity index (χ2n) is 3.59. The van der Waals surface area contributed by atoms with Crippen molar-refractivity contribution in [1.29, 1.82) is 0 Å². The van der Waals surface area contributed by atoms with Crippen LogP contribution in [0.3, 0.4) is 0 Å². The monoisotopic (exact) mass is 335 g/mol. The highest BCUT2D eigenvalue weighted by Gasteiger charge is 2.11. The van der Waals surface area contributed by atoms with Gasteiger partial charge in [0.1, 0.15) is 0 Å². The van der Waals surface area contributed by atoms with Crippen LogP contribution in [0, 0.1) is 0 Å². The number of aromatic nitrogens is 2. The Labute approximate surface area is 117 Å². The van der Waals surface area contributed by atoms with Gasteiger partial charge in [-0.05, 0) is 0 Å². The largest absolute Gasteiger partial charge is 0.726 e. The molecule has 1 heterocycles. The molecule has 0 atom stereocenters. The van der Waals surface area contributed by atoms with Crippen molar-refractivity contribution in [2.24, 2.45) is 14.1 Å². The SMILES string of the molecule is CN(C)c1n(C)cc[n+]1C.O=S(=O)(O)O.O=S(=O)([O-])O. The fourth-order valence-corrected chi connectivity index (χ4v) is 1.21. The molecule has 0 spiro atoms. The van der Waals surface area contributed by atoms with Gasteiger partial charge in [-0.3, -0.25) is 18.6 Å². The van der Waals surface area contributed by atoms with Crippen LogP contribution in [-0.2, 0) is 34.9 Å². The van der Waals surface area contributed by atoms with Crippen molar-refractivity contribution in [1.82, 2.24) is 4.57 Å². The van der Waals surface area contributed by atoms with E-state index >= 15 is 0 Å². The second kappa shape index (κ2) is 8.13. The molecule has 3 N–H and O–H groups in total. The zero-order valence-corrected chi connectivity index (χ0v) is 12.8. The third-order valence-electron chi connectivity index (χ3n) is 1.54. The van der Waals surface area contributed by atoms with E-state index in [9.17, 15) is 0 Å². The Kier molecular flexibility index (Phi) is 8.56. The summed E-state index contributed by atoms with van der Waals surface area (Å²) in [5.41, 5.74) is 0. The van der Waals surface area contributed by atoms with Crippen molar-refractivity contribution in [2.75, 3.05) is 19.0 Å². The summed E-state index contributed by atoms with van der Waals surface area (Å²) < 4.78 is 68.6. The van der Waals surface area contributed by atoms with Crippen LogP contribution in [0.5, 0.6) is 0 Å². The third kappa shape index (κ3) is 16.8. The van der Waals surface area contributed by atoms with E-state index in [1.165, 1.54) is 5.95 Å². The smallest absolute Gasteiger partial charge is 0.394 e. The predicted molar refractivity (Wildman–Crippen MR) is 67.4 cm³/mol. The normalized spacial score (nSPS) is 10.8. The van der Waals surface area contributed by atoms with Crippen LogP contribution >= 0.6 is 0 Å². The van der Waals surface area contributed by atoms with Gasteiger partial charge in [-0.2, -0.15) is 8.42 Å². The van der Waals surface area contributed by atoms with Crippen LogP contribution in [0.25, 0.3) is 0 Å². The molecule has 11 nitrogen and oxygen atoms in total. The molecule has 1 aromatic heterocycles. The highest BCUT2D eigenvalue weighted by molar-refractivity contribution is 7.80. The summed E-state index contributed by atoms with van der Waals surface area (Å²) in [5, 5.41) is 0. The molecule has 0 aliphatic heterocycles. The predicted octanol–water partition coefficient (Wildman–Crippen LogP) is -1.73. The summed E-state index contributed by atoms with van der Waals surface area (Å²) in [7, 11) is -1.44. The molecule has 0 unspecified atom stereocenters. The molecule has 120 valence electrons. The molecule has 0 bridgehead atoms. The molecule has 0 radical (unpaired) electrons. The highest BCUT2D eigenvalue weighted by atomic mass is 32.3. The number of hydrogen-bond donors (Lipinski definition) is 3. The maximum Gasteiger partial charge on any atom is 0.394 e. The second-order valence-corrected chi connectivity index (χ2v) is 5.34. The van der Waals surface area contributed by atoms with Gasteiger partial charge in [0.25, 0.3) is 0 Å². The minimum atomic E-state index is -4.92. The Morgan fingerprint density at radius 3 is 1.60 bits per heavy atom. The lowest BCUT2D eigenvalue weighted by molar-refractivity contribution is -0.657. The molecule has 1 aromatic rings. The van der Waals surface area contributed by atoms with Crippen molar-refractivity contribution < 1.29 is 39.6 Å². The molecule has 1 rings (SSSR count). The van der Waals surface area contributed by atoms with E-state index < -0.39 is 20.8 Å². The number of rotatable bonds is 1. The molecule has 0 amide bonds. The minimum absolute atomic E-state index is 1.19. The zero-order chi connectivity index (χ0) is 16.7. The maximum atomic E-state index is 8.74. The topological polar surface area (TPSA) is 164 Å². The first-order valence-electron chi connectivity index (χ1n) is 4.69. The van der Waals surface area contributed by atoms with Gasteiger partial charge in [0.05, 0.1) is 40.6 Å². The number of aryl methyl sites for hydroxylation is 2. The van der Waals surface area contributed by atoms with E-state index in [0.717, 1.165) is 0 Å². The highest BCUT2D eigenvalue weighted by Crippen LogP contribution is 2.00. The van der Waals surface area contributed by atoms with E-state index in [4.69, 9.17) is 35.0 Å². The van der Waals surface area contributed by atoms with Gasteiger partial charge in [-0.25, -0.2) is 17.6 Å². The molecule has 0 aromatic carbocycles. The molecule has 0 fully saturated rings. The third-order valence-corrected chi connectivity index (χ3v) is 1.54. The summed E-state index contributed by atoms with van der Waals surface area (Å²) >= 11 is 0. The van der Waals surface area contributed by atoms with Gasteiger partial charge >= 0.3 is 16.3 Å². The number of imidazole rings is 1. The van der Waals surface area contributed by atoms with Crippen molar-refractivity contribution >= 4 is 26.7 Å². The summed E-state index contributed by atoms with van der Waals surface area (Å²) in [4.78, 5) is 2.08. The van der Waals surface area contributed by atoms with E-state index in [2.05, 4.69) is 14.0 Å². The van der Waals surface area contributed by atoms with E-state index in [-0.39, 0.29) is 0 Å². The Balaban J connectivity index is 0. The van der Waals surface area contributed by atoms with Gasteiger partial charge in [-0.15, -0.1) is 0 Å². The van der Waals surface area contributed by atoms with Crippen LogP contribution in [0.2, 0.25) is 0 Å². The van der Waals surface area contributed by atoms with Crippen LogP contribution in [0.1, 0.15) is 0 Å². The number of anilines is 1. The Morgan fingerprint density at radius 2 is 1.50 bits per heavy atom. The molecular formula is C7H17N3O8S2. The first kappa shape index (κ1) is 21.1. The number of hydrogen-bond acceptors (Lipinski definition) is 6. The van der Waals surface area contributed by atoms with Gasteiger partial charge in [0, 0.05) is 0 Å². The standard InChI is InChI=1S/C7H14N3.2H2O4S/c1-8(2)7-9(3)5-6-10(7)4;2*1-5(2,3)4/h5-6H,1-4H3;2*(H2,1,2,3,4)/q+1;;/p-1. The quantitative estimate of drug-likeness (QED) is 0.307. The summed E-state index contributed by atoms with van der Waals surface area (Å²) in [6.07, 6.45) is 4.07. The molecular weight excluding hydrogens is 318 g/mol. The Bertz CT molecular complexity index is 539. The fraction of sp³-hybridized carbons (Fsp3) is 0.571. The summed E-state index contributed by atoms with van der Waals surface area (Å²) in [6.45, 7) is 0. The summed E-state index contributed by atoms with van der Waals surface area (Å²) in [6, 6.07) is 0. The molecule has 0 saturated carbocycles. The van der Waals surface area contributed by atoms with Gasteiger partial charge in [0.15, 0.2) is 0 Å². The van der Waals surface area contributed by atoms with Gasteiger partial charge < -0.3 is 4.55 Å². The van der Waals surface area contributed by atoms with Gasteiger partial charge in [-0.1, -0.05) is 0 Å². The zero-order valence-electron chi connectivity index (χ0n) is 11.2. The Hall–Kier alpha value is -1.25. The molecule has 0 aliphatic rings. The lowest BCUT2D eigenvalue weighted by Crippen LogP contribution is -2.34. The number of nitrogens with zero attached hydrogens (tertiary/aromatic N) is 3. The lowest BCUT2D eigenvalue weighted by atomic mass is 10.8. The molecule has 0 aliphatic carbocycles. The van der Waals surface area contributed by atoms with Crippen LogP contribution in [0.4, 0.5) is 5.95 Å². The first-order valence-corrected chi connectivity index (χ1v) is 7.45. The maximum absolute atomic E-state index is 8.74. The molecule has 0 saturated heterocycles. The van der Waals surface area contributed by atoms with E-state index in [1.54, 1.807) is 0 Å². The lowest BCUT2D eigenvalue weighted by Gasteiger charge is -2.05. The van der Waals surface area contributed by atoms with Crippen LogP contribution in [0.15, 0.2) is 12.4 Å². The average Bonchev–Trinajstić information content (AvgIpc) is 2.39. The Morgan fingerprint density at radius 1 is 1.20 bits per heavy atom. The van der Waals surface area contributed by atoms with Crippen molar-refractivity contribution in [3.8, 4) is 0 Å². The van der Waals surface area contributed by atoms with Crippen molar-refractivity contribution in [3.05, 3.63) is 12.4 Å². The first-order chi connectivity index (χ1) is 8.63. The van der Waals surface area contributed by atoms with Crippen molar-refractivity contribution in [3.63, 3.8) is 0 Å². The molecule has 13 heteroatoms. The van der Waals surface area contributed by atoms with Gasteiger partial charge in [0.2, 0.25) is 10.4 Å². The van der Waals surface area contributed by atoms with Crippen LogP contribution in [-0.4, -0.2) is 53.7 Å². The minimum Gasteiger partial charge on any atom is -0.726 e.